The normalized spacial score (nSPS) is 17.5. The Kier molecular flexibility index (Phi) is 30.7. The van der Waals surface area contributed by atoms with Crippen LogP contribution in [0.25, 0.3) is 0 Å². The van der Waals surface area contributed by atoms with Crippen molar-refractivity contribution in [2.45, 2.75) is 190 Å². The van der Waals surface area contributed by atoms with Gasteiger partial charge in [0.05, 0.1) is 26.4 Å². The Labute approximate surface area is 695 Å². The predicted molar refractivity (Wildman–Crippen MR) is 468 cm³/mol. The van der Waals surface area contributed by atoms with Gasteiger partial charge in [-0.05, 0) is 275 Å². The van der Waals surface area contributed by atoms with Crippen LogP contribution in [-0.4, -0.2) is 198 Å². The molecule has 0 unspecified atom stereocenters. The molecule has 8 aromatic carbocycles. The van der Waals surface area contributed by atoms with E-state index in [9.17, 15) is 24.9 Å². The number of nitrogens with zero attached hydrogens (tertiary/aromatic N) is 4. The van der Waals surface area contributed by atoms with E-state index in [-0.39, 0.29) is 48.3 Å². The number of piperidine rings is 4. The van der Waals surface area contributed by atoms with Crippen LogP contribution in [0.1, 0.15) is 158 Å². The molecule has 4 aliphatic heterocycles. The minimum atomic E-state index is -2.73. The molecule has 4 saturated heterocycles. The lowest BCUT2D eigenvalue weighted by Gasteiger charge is -2.43. The lowest BCUT2D eigenvalue weighted by atomic mass is 9.89. The van der Waals surface area contributed by atoms with Crippen LogP contribution in [0.4, 0.5) is 21.0 Å². The number of aliphatic hydroxyl groups excluding tert-OH is 2. The molecular weight excluding hydrogens is 1490 g/mol. The lowest BCUT2D eigenvalue weighted by molar-refractivity contribution is 0.106. The van der Waals surface area contributed by atoms with E-state index in [2.05, 4.69) is 180 Å². The molecule has 0 spiro atoms. The number of nitrogens with one attached hydrogen (secondary N) is 4. The number of ether oxygens (including phenoxy) is 6. The summed E-state index contributed by atoms with van der Waals surface area (Å²) in [5, 5.41) is 46.6. The standard InChI is InChI=1S/C56H72N4O6Si.C40H54N4O6/c1-56(2,3)67(51-15-7-5-8-16-51,52-17-9-6-10-18-52)66-50-26-24-48(25-27-50)64-41-47(61)40-57-34-29-42-19-22-45(23-20-42)58-46-32-37-60(38-33-46)55(62)59-35-30-43(31-36-59)44-21-28-53(63-4)54(39-44)65-49-13-11-12-14-49;1-48-38-15-8-31(26-39(38)50-37-4-2-3-5-37)30-17-22-43(23-18-30)40(47)44-24-19-33(20-25-44)42-32-9-6-29(7-10-32)16-21-41-27-35(46)28-49-36-13-11-34(45)12-14-36/h5-10,15-28,39,43,46-47,49,57-58,61H,11-14,29-38,40-41H2,1-4H3;6-15,26,30,33,35,37,41-42,45-46H,2-5,16-25,27-28H2,1H3/t47-;35-/m00/s1. The second-order valence-corrected chi connectivity index (χ2v) is 38.0. The first kappa shape index (κ1) is 85.2. The van der Waals surface area contributed by atoms with Crippen LogP contribution in [0.15, 0.2) is 194 Å². The summed E-state index contributed by atoms with van der Waals surface area (Å²) in [4.78, 5) is 35.2. The average Bonchev–Trinajstić information content (AvgIpc) is 0.996. The van der Waals surface area contributed by atoms with Crippen LogP contribution in [0, 0.1) is 0 Å². The van der Waals surface area contributed by atoms with Gasteiger partial charge in [0.1, 0.15) is 48.4 Å². The van der Waals surface area contributed by atoms with E-state index in [1.807, 2.05) is 51.1 Å². The molecule has 20 nitrogen and oxygen atoms in total. The molecule has 14 rings (SSSR count). The van der Waals surface area contributed by atoms with Gasteiger partial charge in [0.15, 0.2) is 23.0 Å². The van der Waals surface area contributed by atoms with Crippen LogP contribution < -0.4 is 64.5 Å². The zero-order valence-electron chi connectivity index (χ0n) is 69.5. The molecule has 117 heavy (non-hydrogen) atoms. The van der Waals surface area contributed by atoms with Crippen LogP contribution in [-0.2, 0) is 12.8 Å². The molecule has 7 N–H and O–H groups in total. The molecule has 0 bridgehead atoms. The van der Waals surface area contributed by atoms with Crippen LogP contribution in [0.3, 0.4) is 0 Å². The third-order valence-electron chi connectivity index (χ3n) is 24.4. The van der Waals surface area contributed by atoms with Gasteiger partial charge in [-0.15, -0.1) is 0 Å². The van der Waals surface area contributed by atoms with Crippen LogP contribution >= 0.6 is 0 Å². The number of urea groups is 2. The minimum absolute atomic E-state index is 0.137. The zero-order chi connectivity index (χ0) is 81.4. The first-order valence-electron chi connectivity index (χ1n) is 43.2. The zero-order valence-corrected chi connectivity index (χ0v) is 70.5. The number of carbonyl (C=O) groups is 2. The van der Waals surface area contributed by atoms with E-state index in [4.69, 9.17) is 32.8 Å². The third-order valence-corrected chi connectivity index (χ3v) is 29.3. The van der Waals surface area contributed by atoms with Crippen molar-refractivity contribution >= 4 is 42.1 Å². The quantitative estimate of drug-likeness (QED) is 0.0154. The summed E-state index contributed by atoms with van der Waals surface area (Å²) in [6.07, 6.45) is 18.0. The van der Waals surface area contributed by atoms with E-state index in [1.165, 1.54) is 58.3 Å². The van der Waals surface area contributed by atoms with Crippen molar-refractivity contribution in [2.75, 3.05) is 117 Å². The second kappa shape index (κ2) is 42.2. The topological polar surface area (TPSA) is 221 Å². The van der Waals surface area contributed by atoms with E-state index in [1.54, 1.807) is 38.5 Å². The number of phenols is 1. The summed E-state index contributed by atoms with van der Waals surface area (Å²) in [5.74, 6) is 6.46. The Morgan fingerprint density at radius 2 is 0.795 bits per heavy atom. The maximum atomic E-state index is 13.6. The number of hydrogen-bond acceptors (Lipinski definition) is 16. The average molecular weight is 1610 g/mol. The van der Waals surface area contributed by atoms with Gasteiger partial charge in [-0.25, -0.2) is 9.59 Å². The molecule has 21 heteroatoms. The van der Waals surface area contributed by atoms with Gasteiger partial charge in [0.25, 0.3) is 0 Å². The summed E-state index contributed by atoms with van der Waals surface area (Å²) in [7, 11) is 0.679. The van der Waals surface area contributed by atoms with Crippen LogP contribution in [0.2, 0.25) is 5.04 Å². The molecule has 2 saturated carbocycles. The maximum absolute atomic E-state index is 13.6. The molecule has 4 amide bonds. The smallest absolute Gasteiger partial charge is 0.320 e. The molecule has 2 atom stereocenters. The second-order valence-electron chi connectivity index (χ2n) is 33.7. The third kappa shape index (κ3) is 23.9. The molecule has 6 fully saturated rings. The first-order valence-corrected chi connectivity index (χ1v) is 45.1. The van der Waals surface area contributed by atoms with Crippen molar-refractivity contribution in [3.05, 3.63) is 216 Å². The number of methoxy groups -OCH3 is 2. The Morgan fingerprint density at radius 3 is 1.16 bits per heavy atom. The number of carbonyl (C=O) groups excluding carboxylic acids is 2. The number of hydrogen-bond donors (Lipinski definition) is 7. The van der Waals surface area contributed by atoms with Crippen LogP contribution in [0.5, 0.6) is 46.0 Å². The number of likely N-dealkylation sites (tertiary alicyclic amines) is 4. The number of phenolic OH excluding ortho intramolecular Hbond substituents is 1. The highest BCUT2D eigenvalue weighted by molar-refractivity contribution is 7.00. The van der Waals surface area contributed by atoms with E-state index in [0.717, 1.165) is 195 Å². The lowest BCUT2D eigenvalue weighted by Crippen LogP contribution is -2.68. The Hall–Kier alpha value is -9.64. The monoisotopic (exact) mass is 1610 g/mol. The SMILES string of the molecule is COc1ccc(C2CCN(C(=O)N3CCC(Nc4ccc(CCNC[C@H](O)COc5ccc(O)cc5)cc4)CC3)CC2)cc1OC1CCCC1.COc1ccc(C2CCN(C(=O)N3CCC(Nc4ccc(CCNC[C@H](O)COc5ccc(O[Si](c6ccccc6)(c6ccccc6)C(C)(C)C)cc5)cc4)CC3)CC2)cc1OC1CCCC1. The summed E-state index contributed by atoms with van der Waals surface area (Å²) < 4.78 is 42.6. The fraction of sp³-hybridized carbons (Fsp3) is 0.479. The summed E-state index contributed by atoms with van der Waals surface area (Å²) in [6.45, 7) is 15.8. The molecule has 0 aromatic heterocycles. The molecule has 4 heterocycles. The highest BCUT2D eigenvalue weighted by atomic mass is 28.4. The van der Waals surface area contributed by atoms with Gasteiger partial charge in [-0.3, -0.25) is 0 Å². The number of aromatic hydroxyl groups is 1. The first-order chi connectivity index (χ1) is 57.0. The number of benzene rings is 8. The molecular formula is C96H126N8O12Si. The van der Waals surface area contributed by atoms with E-state index >= 15 is 0 Å². The Bertz CT molecular complexity index is 4270. The number of amides is 4. The van der Waals surface area contributed by atoms with Gasteiger partial charge in [-0.1, -0.05) is 118 Å². The van der Waals surface area contributed by atoms with E-state index < -0.39 is 20.5 Å². The number of rotatable bonds is 32. The summed E-state index contributed by atoms with van der Waals surface area (Å²) in [6, 6.07) is 66.5. The van der Waals surface area contributed by atoms with Crippen molar-refractivity contribution in [1.29, 1.82) is 0 Å². The summed E-state index contributed by atoms with van der Waals surface area (Å²) in [5.41, 5.74) is 7.24. The Balaban J connectivity index is 0.000000212. The van der Waals surface area contributed by atoms with E-state index in [0.29, 0.717) is 48.5 Å². The number of anilines is 2. The van der Waals surface area contributed by atoms with Crippen molar-refractivity contribution in [3.63, 3.8) is 0 Å². The van der Waals surface area contributed by atoms with Crippen molar-refractivity contribution in [1.82, 2.24) is 30.2 Å². The van der Waals surface area contributed by atoms with Gasteiger partial charge in [0.2, 0.25) is 0 Å². The van der Waals surface area contributed by atoms with Gasteiger partial charge >= 0.3 is 20.4 Å². The van der Waals surface area contributed by atoms with Crippen molar-refractivity contribution in [2.24, 2.45) is 0 Å². The van der Waals surface area contributed by atoms with Crippen molar-refractivity contribution in [3.8, 4) is 46.0 Å². The largest absolute Gasteiger partial charge is 0.534 e. The molecule has 8 aromatic rings. The highest BCUT2D eigenvalue weighted by Crippen LogP contribution is 2.42. The van der Waals surface area contributed by atoms with Gasteiger partial charge < -0.3 is 89.0 Å². The van der Waals surface area contributed by atoms with Gasteiger partial charge in [0, 0.05) is 88.9 Å². The molecule has 2 aliphatic carbocycles. The molecule has 626 valence electrons. The minimum Gasteiger partial charge on any atom is -0.534 e. The summed E-state index contributed by atoms with van der Waals surface area (Å²) >= 11 is 0. The Morgan fingerprint density at radius 1 is 0.436 bits per heavy atom. The maximum Gasteiger partial charge on any atom is 0.320 e. The highest BCUT2D eigenvalue weighted by Gasteiger charge is 2.52. The fourth-order valence-corrected chi connectivity index (χ4v) is 22.0. The van der Waals surface area contributed by atoms with Crippen molar-refractivity contribution < 1.29 is 57.8 Å². The van der Waals surface area contributed by atoms with Gasteiger partial charge in [-0.2, -0.15) is 0 Å². The molecule has 0 radical (unpaired) electrons. The molecule has 6 aliphatic rings. The number of aliphatic hydroxyl groups is 2. The predicted octanol–water partition coefficient (Wildman–Crippen LogP) is 15.6. The fourth-order valence-electron chi connectivity index (χ4n) is 17.6.